The van der Waals surface area contributed by atoms with E-state index in [1.54, 1.807) is 21.9 Å². The van der Waals surface area contributed by atoms with Gasteiger partial charge in [-0.15, -0.1) is 0 Å². The number of carboxylic acid groups (broad SMARTS) is 1. The van der Waals surface area contributed by atoms with Crippen molar-refractivity contribution in [3.8, 4) is 11.4 Å². The van der Waals surface area contributed by atoms with E-state index >= 15 is 0 Å². The molecule has 2 aliphatic heterocycles. The molecule has 0 bridgehead atoms. The van der Waals surface area contributed by atoms with Crippen LogP contribution in [0.1, 0.15) is 29.6 Å². The van der Waals surface area contributed by atoms with Gasteiger partial charge in [0.1, 0.15) is 6.33 Å². The Hall–Kier alpha value is -3.23. The number of amides is 2. The van der Waals surface area contributed by atoms with Gasteiger partial charge >= 0.3 is 5.97 Å². The summed E-state index contributed by atoms with van der Waals surface area (Å²) in [7, 11) is 0. The van der Waals surface area contributed by atoms with Gasteiger partial charge in [-0.3, -0.25) is 19.5 Å². The fourth-order valence-corrected chi connectivity index (χ4v) is 3.93. The Bertz CT molecular complexity index is 872. The minimum Gasteiger partial charge on any atom is -0.481 e. The molecule has 2 fully saturated rings. The highest BCUT2D eigenvalue weighted by Crippen LogP contribution is 2.26. The van der Waals surface area contributed by atoms with Crippen molar-refractivity contribution in [1.82, 2.24) is 25.0 Å². The van der Waals surface area contributed by atoms with Crippen LogP contribution in [-0.2, 0) is 9.59 Å². The maximum Gasteiger partial charge on any atom is 0.308 e. The molecule has 146 valence electrons. The number of aromatic amines is 1. The lowest BCUT2D eigenvalue weighted by Gasteiger charge is -2.36. The zero-order chi connectivity index (χ0) is 19.7. The molecule has 0 saturated carbocycles. The number of carbonyl (C=O) groups is 3. The number of hydrogen-bond acceptors (Lipinski definition) is 5. The van der Waals surface area contributed by atoms with Gasteiger partial charge in [0.15, 0.2) is 5.82 Å². The second-order valence-electron chi connectivity index (χ2n) is 7.22. The molecule has 0 aliphatic carbocycles. The number of rotatable bonds is 4. The summed E-state index contributed by atoms with van der Waals surface area (Å²) in [4.78, 5) is 43.6. The summed E-state index contributed by atoms with van der Waals surface area (Å²) in [5, 5.41) is 15.7. The average molecular weight is 383 g/mol. The molecular formula is C19H21N5O4. The molecule has 1 unspecified atom stereocenters. The van der Waals surface area contributed by atoms with Gasteiger partial charge in [-0.05, 0) is 25.0 Å². The molecule has 0 spiro atoms. The molecule has 1 aromatic heterocycles. The number of nitrogens with one attached hydrogen (secondary N) is 1. The van der Waals surface area contributed by atoms with Crippen molar-refractivity contribution < 1.29 is 19.5 Å². The second-order valence-corrected chi connectivity index (χ2v) is 7.22. The average Bonchev–Trinajstić information content (AvgIpc) is 3.38. The normalized spacial score (nSPS) is 20.6. The molecule has 9 nitrogen and oxygen atoms in total. The topological polar surface area (TPSA) is 119 Å². The Morgan fingerprint density at radius 2 is 1.86 bits per heavy atom. The highest BCUT2D eigenvalue weighted by atomic mass is 16.4. The molecule has 1 aromatic carbocycles. The Morgan fingerprint density at radius 3 is 2.43 bits per heavy atom. The molecule has 2 aliphatic rings. The lowest BCUT2D eigenvalue weighted by Crippen LogP contribution is -2.47. The summed E-state index contributed by atoms with van der Waals surface area (Å²) >= 11 is 0. The van der Waals surface area contributed by atoms with Gasteiger partial charge in [0.25, 0.3) is 5.91 Å². The van der Waals surface area contributed by atoms with Crippen molar-refractivity contribution in [3.05, 3.63) is 36.2 Å². The van der Waals surface area contributed by atoms with Crippen LogP contribution in [0.2, 0.25) is 0 Å². The summed E-state index contributed by atoms with van der Waals surface area (Å²) in [6, 6.07) is 7.21. The third kappa shape index (κ3) is 3.47. The molecule has 4 rings (SSSR count). The SMILES string of the molecule is O=C(O)C1CC(=O)N(C2CCN(C(=O)c3ccc(-c4ncn[nH]4)cc3)CC2)C1. The third-order valence-electron chi connectivity index (χ3n) is 5.52. The molecule has 3 heterocycles. The van der Waals surface area contributed by atoms with Gasteiger partial charge in [-0.25, -0.2) is 4.98 Å². The second kappa shape index (κ2) is 7.41. The van der Waals surface area contributed by atoms with E-state index in [0.29, 0.717) is 37.3 Å². The van der Waals surface area contributed by atoms with Crippen molar-refractivity contribution in [3.63, 3.8) is 0 Å². The summed E-state index contributed by atoms with van der Waals surface area (Å²) in [6.07, 6.45) is 2.84. The van der Waals surface area contributed by atoms with Crippen LogP contribution >= 0.6 is 0 Å². The lowest BCUT2D eigenvalue weighted by atomic mass is 10.0. The quantitative estimate of drug-likeness (QED) is 0.813. The Balaban J connectivity index is 1.35. The standard InChI is InChI=1S/C19H21N5O4/c25-16-9-14(19(27)28)10-24(16)15-5-7-23(8-6-15)18(26)13-3-1-12(2-4-13)17-20-11-21-22-17/h1-4,11,14-15H,5-10H2,(H,27,28)(H,20,21,22). The van der Waals surface area contributed by atoms with Crippen molar-refractivity contribution in [2.45, 2.75) is 25.3 Å². The number of H-pyrrole nitrogens is 1. The number of aromatic nitrogens is 3. The lowest BCUT2D eigenvalue weighted by molar-refractivity contribution is -0.141. The van der Waals surface area contributed by atoms with Gasteiger partial charge < -0.3 is 14.9 Å². The number of nitrogens with zero attached hydrogens (tertiary/aromatic N) is 4. The molecule has 2 aromatic rings. The monoisotopic (exact) mass is 383 g/mol. The number of aliphatic carboxylic acids is 1. The third-order valence-corrected chi connectivity index (χ3v) is 5.52. The maximum absolute atomic E-state index is 12.8. The molecule has 0 radical (unpaired) electrons. The number of carbonyl (C=O) groups excluding carboxylic acids is 2. The van der Waals surface area contributed by atoms with E-state index in [4.69, 9.17) is 5.11 Å². The van der Waals surface area contributed by atoms with Crippen LogP contribution in [0.25, 0.3) is 11.4 Å². The number of piperidine rings is 1. The van der Waals surface area contributed by atoms with Crippen LogP contribution in [0.15, 0.2) is 30.6 Å². The van der Waals surface area contributed by atoms with E-state index in [0.717, 1.165) is 5.56 Å². The van der Waals surface area contributed by atoms with E-state index in [1.807, 2.05) is 12.1 Å². The smallest absolute Gasteiger partial charge is 0.308 e. The molecule has 2 amide bonds. The zero-order valence-electron chi connectivity index (χ0n) is 15.2. The van der Waals surface area contributed by atoms with Crippen LogP contribution < -0.4 is 0 Å². The maximum atomic E-state index is 12.8. The van der Waals surface area contributed by atoms with Crippen LogP contribution in [0, 0.1) is 5.92 Å². The predicted octanol–water partition coefficient (Wildman–Crippen LogP) is 1.01. The van der Waals surface area contributed by atoms with Crippen molar-refractivity contribution >= 4 is 17.8 Å². The van der Waals surface area contributed by atoms with E-state index in [9.17, 15) is 14.4 Å². The molecule has 9 heteroatoms. The highest BCUT2D eigenvalue weighted by Gasteiger charge is 2.39. The van der Waals surface area contributed by atoms with Gasteiger partial charge in [0.2, 0.25) is 5.91 Å². The summed E-state index contributed by atoms with van der Waals surface area (Å²) in [5.74, 6) is -1.03. The fourth-order valence-electron chi connectivity index (χ4n) is 3.93. The van der Waals surface area contributed by atoms with Crippen molar-refractivity contribution in [2.75, 3.05) is 19.6 Å². The summed E-state index contributed by atoms with van der Waals surface area (Å²) in [6.45, 7) is 1.37. The highest BCUT2D eigenvalue weighted by molar-refractivity contribution is 5.94. The van der Waals surface area contributed by atoms with Crippen LogP contribution in [-0.4, -0.2) is 73.5 Å². The first kappa shape index (κ1) is 18.1. The van der Waals surface area contributed by atoms with Crippen molar-refractivity contribution in [1.29, 1.82) is 0 Å². The van der Waals surface area contributed by atoms with Crippen LogP contribution in [0.5, 0.6) is 0 Å². The molecular weight excluding hydrogens is 362 g/mol. The first-order chi connectivity index (χ1) is 13.5. The Morgan fingerprint density at radius 1 is 1.14 bits per heavy atom. The van der Waals surface area contributed by atoms with Gasteiger partial charge in [0.05, 0.1) is 5.92 Å². The minimum absolute atomic E-state index is 0.00901. The summed E-state index contributed by atoms with van der Waals surface area (Å²) < 4.78 is 0. The largest absolute Gasteiger partial charge is 0.481 e. The van der Waals surface area contributed by atoms with E-state index in [1.165, 1.54) is 6.33 Å². The predicted molar refractivity (Wildman–Crippen MR) is 98.2 cm³/mol. The van der Waals surface area contributed by atoms with Crippen LogP contribution in [0.3, 0.4) is 0 Å². The molecule has 2 saturated heterocycles. The first-order valence-corrected chi connectivity index (χ1v) is 9.30. The minimum atomic E-state index is -0.919. The van der Waals surface area contributed by atoms with Gasteiger partial charge in [-0.1, -0.05) is 12.1 Å². The first-order valence-electron chi connectivity index (χ1n) is 9.30. The number of likely N-dealkylation sites (tertiary alicyclic amines) is 2. The van der Waals surface area contributed by atoms with Crippen molar-refractivity contribution in [2.24, 2.45) is 5.92 Å². The molecule has 28 heavy (non-hydrogen) atoms. The number of carboxylic acids is 1. The number of benzene rings is 1. The fraction of sp³-hybridized carbons (Fsp3) is 0.421. The van der Waals surface area contributed by atoms with E-state index in [-0.39, 0.29) is 30.8 Å². The van der Waals surface area contributed by atoms with Gasteiger partial charge in [0, 0.05) is 43.2 Å². The summed E-state index contributed by atoms with van der Waals surface area (Å²) in [5.41, 5.74) is 1.46. The Kier molecular flexibility index (Phi) is 4.81. The Labute approximate surface area is 161 Å². The van der Waals surface area contributed by atoms with Gasteiger partial charge in [-0.2, -0.15) is 5.10 Å². The van der Waals surface area contributed by atoms with E-state index < -0.39 is 11.9 Å². The van der Waals surface area contributed by atoms with E-state index in [2.05, 4.69) is 15.2 Å². The molecule has 2 N–H and O–H groups in total. The molecule has 1 atom stereocenters. The zero-order valence-corrected chi connectivity index (χ0v) is 15.2. The number of hydrogen-bond donors (Lipinski definition) is 2. The van der Waals surface area contributed by atoms with Crippen LogP contribution in [0.4, 0.5) is 0 Å².